The summed E-state index contributed by atoms with van der Waals surface area (Å²) in [4.78, 5) is 17.2. The molecular formula is C17H26ClN3O2. The van der Waals surface area contributed by atoms with Crippen LogP contribution in [0, 0.1) is 6.92 Å². The van der Waals surface area contributed by atoms with E-state index in [0.29, 0.717) is 6.04 Å². The normalized spacial score (nSPS) is 21.8. The van der Waals surface area contributed by atoms with Crippen molar-refractivity contribution in [2.45, 2.75) is 19.4 Å². The fourth-order valence-corrected chi connectivity index (χ4v) is 3.41. The topological polar surface area (TPSA) is 44.8 Å². The van der Waals surface area contributed by atoms with E-state index in [4.69, 9.17) is 4.74 Å². The summed E-state index contributed by atoms with van der Waals surface area (Å²) < 4.78 is 5.33. The fourth-order valence-electron chi connectivity index (χ4n) is 3.41. The number of aryl methyl sites for hydroxylation is 1. The van der Waals surface area contributed by atoms with Crippen molar-refractivity contribution in [3.8, 4) is 5.75 Å². The Morgan fingerprint density at radius 1 is 1.26 bits per heavy atom. The highest BCUT2D eigenvalue weighted by molar-refractivity contribution is 5.95. The van der Waals surface area contributed by atoms with Crippen LogP contribution in [0.3, 0.4) is 0 Å². The number of halogens is 1. The van der Waals surface area contributed by atoms with Gasteiger partial charge in [0.25, 0.3) is 5.91 Å². The quantitative estimate of drug-likeness (QED) is 0.907. The molecule has 0 saturated carbocycles. The van der Waals surface area contributed by atoms with Gasteiger partial charge in [-0.1, -0.05) is 6.07 Å². The third-order valence-corrected chi connectivity index (χ3v) is 4.77. The number of nitrogens with zero attached hydrogens (tertiary/aromatic N) is 2. The number of nitrogens with one attached hydrogen (secondary N) is 1. The number of carbonyl (C=O) groups is 1. The van der Waals surface area contributed by atoms with Crippen LogP contribution in [0.25, 0.3) is 0 Å². The van der Waals surface area contributed by atoms with Gasteiger partial charge in [0.15, 0.2) is 0 Å². The maximum atomic E-state index is 12.7. The molecule has 1 N–H and O–H groups in total. The predicted molar refractivity (Wildman–Crippen MR) is 93.7 cm³/mol. The van der Waals surface area contributed by atoms with Crippen molar-refractivity contribution >= 4 is 18.3 Å². The SMILES string of the molecule is COc1cc(C(=O)N2CCC(N3CCNCC3)C2)ccc1C.Cl. The van der Waals surface area contributed by atoms with E-state index < -0.39 is 0 Å². The number of hydrogen-bond acceptors (Lipinski definition) is 4. The molecule has 5 nitrogen and oxygen atoms in total. The zero-order chi connectivity index (χ0) is 15.5. The van der Waals surface area contributed by atoms with Crippen LogP contribution < -0.4 is 10.1 Å². The molecule has 2 aliphatic heterocycles. The van der Waals surface area contributed by atoms with Crippen molar-refractivity contribution in [2.24, 2.45) is 0 Å². The van der Waals surface area contributed by atoms with E-state index in [0.717, 1.165) is 62.6 Å². The van der Waals surface area contributed by atoms with E-state index in [1.165, 1.54) is 0 Å². The lowest BCUT2D eigenvalue weighted by Gasteiger charge is -2.32. The first-order valence-corrected chi connectivity index (χ1v) is 8.07. The van der Waals surface area contributed by atoms with Crippen molar-refractivity contribution in [1.29, 1.82) is 0 Å². The Balaban J connectivity index is 0.00000192. The van der Waals surface area contributed by atoms with Crippen molar-refractivity contribution in [2.75, 3.05) is 46.4 Å². The second kappa shape index (κ2) is 7.99. The Labute approximate surface area is 144 Å². The molecular weight excluding hydrogens is 314 g/mol. The number of likely N-dealkylation sites (tertiary alicyclic amines) is 1. The minimum Gasteiger partial charge on any atom is -0.496 e. The summed E-state index contributed by atoms with van der Waals surface area (Å²) in [6, 6.07) is 6.22. The molecule has 0 aliphatic carbocycles. The molecule has 0 aromatic heterocycles. The van der Waals surface area contributed by atoms with Crippen LogP contribution in [-0.4, -0.2) is 68.1 Å². The standard InChI is InChI=1S/C17H25N3O2.ClH/c1-13-3-4-14(11-16(13)22-2)17(21)20-8-5-15(12-20)19-9-6-18-7-10-19;/h3-4,11,15,18H,5-10,12H2,1-2H3;1H. The summed E-state index contributed by atoms with van der Waals surface area (Å²) in [5.74, 6) is 0.902. The van der Waals surface area contributed by atoms with E-state index in [1.54, 1.807) is 7.11 Å². The zero-order valence-corrected chi connectivity index (χ0v) is 14.7. The van der Waals surface area contributed by atoms with E-state index in [1.807, 2.05) is 30.0 Å². The van der Waals surface area contributed by atoms with Crippen LogP contribution in [0.1, 0.15) is 22.3 Å². The predicted octanol–water partition coefficient (Wildman–Crippen LogP) is 1.55. The summed E-state index contributed by atoms with van der Waals surface area (Å²) in [7, 11) is 1.65. The lowest BCUT2D eigenvalue weighted by Crippen LogP contribution is -2.49. The highest BCUT2D eigenvalue weighted by atomic mass is 35.5. The number of piperazine rings is 1. The number of hydrogen-bond donors (Lipinski definition) is 1. The van der Waals surface area contributed by atoms with Gasteiger partial charge in [0, 0.05) is 50.9 Å². The van der Waals surface area contributed by atoms with Crippen LogP contribution in [-0.2, 0) is 0 Å². The third-order valence-electron chi connectivity index (χ3n) is 4.77. The van der Waals surface area contributed by atoms with Gasteiger partial charge < -0.3 is 15.0 Å². The van der Waals surface area contributed by atoms with Crippen molar-refractivity contribution in [3.63, 3.8) is 0 Å². The second-order valence-electron chi connectivity index (χ2n) is 6.16. The molecule has 128 valence electrons. The highest BCUT2D eigenvalue weighted by Crippen LogP contribution is 2.23. The number of benzene rings is 1. The number of amides is 1. The van der Waals surface area contributed by atoms with Gasteiger partial charge in [0.05, 0.1) is 7.11 Å². The van der Waals surface area contributed by atoms with Gasteiger partial charge in [-0.25, -0.2) is 0 Å². The molecule has 1 unspecified atom stereocenters. The molecule has 1 aromatic rings. The summed E-state index contributed by atoms with van der Waals surface area (Å²) in [5.41, 5.74) is 1.78. The summed E-state index contributed by atoms with van der Waals surface area (Å²) in [5, 5.41) is 3.38. The van der Waals surface area contributed by atoms with Crippen molar-refractivity contribution in [1.82, 2.24) is 15.1 Å². The minimum absolute atomic E-state index is 0. The molecule has 2 aliphatic rings. The van der Waals surface area contributed by atoms with Crippen LogP contribution in [0.15, 0.2) is 18.2 Å². The molecule has 2 fully saturated rings. The number of carbonyl (C=O) groups excluding carboxylic acids is 1. The van der Waals surface area contributed by atoms with Crippen molar-refractivity contribution in [3.05, 3.63) is 29.3 Å². The van der Waals surface area contributed by atoms with Gasteiger partial charge in [-0.15, -0.1) is 12.4 Å². The van der Waals surface area contributed by atoms with E-state index in [2.05, 4.69) is 10.2 Å². The average molecular weight is 340 g/mol. The maximum Gasteiger partial charge on any atom is 0.254 e. The average Bonchev–Trinajstić information content (AvgIpc) is 3.05. The first-order valence-electron chi connectivity index (χ1n) is 8.07. The van der Waals surface area contributed by atoms with Gasteiger partial charge >= 0.3 is 0 Å². The number of rotatable bonds is 3. The van der Waals surface area contributed by atoms with Crippen LogP contribution >= 0.6 is 12.4 Å². The lowest BCUT2D eigenvalue weighted by molar-refractivity contribution is 0.0773. The molecule has 0 radical (unpaired) electrons. The largest absolute Gasteiger partial charge is 0.496 e. The van der Waals surface area contributed by atoms with Crippen molar-refractivity contribution < 1.29 is 9.53 Å². The molecule has 6 heteroatoms. The smallest absolute Gasteiger partial charge is 0.254 e. The summed E-state index contributed by atoms with van der Waals surface area (Å²) in [6.45, 7) is 7.97. The monoisotopic (exact) mass is 339 g/mol. The molecule has 23 heavy (non-hydrogen) atoms. The molecule has 0 bridgehead atoms. The Bertz CT molecular complexity index is 547. The van der Waals surface area contributed by atoms with Gasteiger partial charge in [-0.05, 0) is 31.0 Å². The van der Waals surface area contributed by atoms with E-state index in [-0.39, 0.29) is 18.3 Å². The third kappa shape index (κ3) is 3.97. The summed E-state index contributed by atoms with van der Waals surface area (Å²) in [6.07, 6.45) is 1.08. The first kappa shape index (κ1) is 18.0. The van der Waals surface area contributed by atoms with Gasteiger partial charge in [-0.3, -0.25) is 9.69 Å². The van der Waals surface area contributed by atoms with Crippen LogP contribution in [0.4, 0.5) is 0 Å². The Morgan fingerprint density at radius 3 is 2.70 bits per heavy atom. The van der Waals surface area contributed by atoms with Crippen LogP contribution in [0.5, 0.6) is 5.75 Å². The Morgan fingerprint density at radius 2 is 2.00 bits per heavy atom. The lowest BCUT2D eigenvalue weighted by atomic mass is 10.1. The first-order chi connectivity index (χ1) is 10.7. The second-order valence-corrected chi connectivity index (χ2v) is 6.16. The fraction of sp³-hybridized carbons (Fsp3) is 0.588. The highest BCUT2D eigenvalue weighted by Gasteiger charge is 2.31. The maximum absolute atomic E-state index is 12.7. The van der Waals surface area contributed by atoms with E-state index in [9.17, 15) is 4.79 Å². The molecule has 0 spiro atoms. The minimum atomic E-state index is 0. The molecule has 2 saturated heterocycles. The molecule has 1 aromatic carbocycles. The Kier molecular flexibility index (Phi) is 6.27. The molecule has 2 heterocycles. The molecule has 1 amide bonds. The summed E-state index contributed by atoms with van der Waals surface area (Å²) >= 11 is 0. The van der Waals surface area contributed by atoms with E-state index >= 15 is 0 Å². The van der Waals surface area contributed by atoms with Crippen LogP contribution in [0.2, 0.25) is 0 Å². The zero-order valence-electron chi connectivity index (χ0n) is 13.9. The number of ether oxygens (including phenoxy) is 1. The Hall–Kier alpha value is -1.30. The van der Waals surface area contributed by atoms with Gasteiger partial charge in [-0.2, -0.15) is 0 Å². The van der Waals surface area contributed by atoms with Gasteiger partial charge in [0.2, 0.25) is 0 Å². The number of methoxy groups -OCH3 is 1. The molecule has 3 rings (SSSR count). The van der Waals surface area contributed by atoms with Gasteiger partial charge in [0.1, 0.15) is 5.75 Å². The molecule has 1 atom stereocenters.